The number of piperidine rings is 1. The van der Waals surface area contributed by atoms with Crippen molar-refractivity contribution in [1.29, 1.82) is 0 Å². The Balaban J connectivity index is 1.67. The largest absolute Gasteiger partial charge is 0.465 e. The molecule has 1 aliphatic heterocycles. The molecule has 3 N–H and O–H groups in total. The van der Waals surface area contributed by atoms with E-state index in [0.29, 0.717) is 59.5 Å². The second-order valence-corrected chi connectivity index (χ2v) is 18.1. The lowest BCUT2D eigenvalue weighted by Gasteiger charge is -2.40. The van der Waals surface area contributed by atoms with E-state index in [1.54, 1.807) is 6.07 Å². The Labute approximate surface area is 233 Å². The molecular formula is C27H36Cl2N4O4Si. The van der Waals surface area contributed by atoms with Crippen molar-refractivity contribution in [2.45, 2.75) is 52.2 Å². The van der Waals surface area contributed by atoms with Gasteiger partial charge in [0.2, 0.25) is 0 Å². The minimum absolute atomic E-state index is 0.125. The minimum Gasteiger partial charge on any atom is -0.465 e. The number of pyridine rings is 1. The SMILES string of the molecule is CC1(CNC(=O)O)CCN(c2cc3c(c(-c4cccc(Cl)c4Cl)cn3COCC[Si](C)(C)C)c(=O)[nH]2)CC1. The molecule has 38 heavy (non-hydrogen) atoms. The highest BCUT2D eigenvalue weighted by atomic mass is 35.5. The number of carbonyl (C=O) groups is 1. The van der Waals surface area contributed by atoms with Crippen LogP contribution < -0.4 is 15.8 Å². The van der Waals surface area contributed by atoms with Gasteiger partial charge in [-0.1, -0.05) is 61.9 Å². The number of H-pyrrole nitrogens is 1. The summed E-state index contributed by atoms with van der Waals surface area (Å²) in [4.78, 5) is 29.7. The van der Waals surface area contributed by atoms with Gasteiger partial charge in [0.1, 0.15) is 12.5 Å². The summed E-state index contributed by atoms with van der Waals surface area (Å²) in [5, 5.41) is 12.9. The fraction of sp³-hybridized carbons (Fsp3) is 0.481. The Morgan fingerprint density at radius 3 is 2.58 bits per heavy atom. The summed E-state index contributed by atoms with van der Waals surface area (Å²) < 4.78 is 8.03. The van der Waals surface area contributed by atoms with Crippen LogP contribution in [0.5, 0.6) is 0 Å². The summed E-state index contributed by atoms with van der Waals surface area (Å²) >= 11 is 12.9. The van der Waals surface area contributed by atoms with Crippen molar-refractivity contribution in [3.8, 4) is 11.1 Å². The third-order valence-corrected chi connectivity index (χ3v) is 9.83. The van der Waals surface area contributed by atoms with Crippen LogP contribution >= 0.6 is 23.2 Å². The number of anilines is 1. The molecule has 0 bridgehead atoms. The molecule has 0 atom stereocenters. The molecule has 4 rings (SSSR count). The number of benzene rings is 1. The highest BCUT2D eigenvalue weighted by Gasteiger charge is 2.31. The Hall–Kier alpha value is -2.46. The molecule has 1 saturated heterocycles. The highest BCUT2D eigenvalue weighted by Crippen LogP contribution is 2.38. The molecule has 206 valence electrons. The van der Waals surface area contributed by atoms with E-state index in [0.717, 1.165) is 30.2 Å². The molecule has 0 aliphatic carbocycles. The molecule has 3 aromatic rings. The maximum absolute atomic E-state index is 13.5. The molecule has 1 aliphatic rings. The summed E-state index contributed by atoms with van der Waals surface area (Å²) in [7, 11) is -1.24. The molecule has 8 nitrogen and oxygen atoms in total. The predicted molar refractivity (Wildman–Crippen MR) is 158 cm³/mol. The van der Waals surface area contributed by atoms with Gasteiger partial charge in [-0.3, -0.25) is 4.79 Å². The zero-order valence-electron chi connectivity index (χ0n) is 22.4. The van der Waals surface area contributed by atoms with Crippen LogP contribution in [0, 0.1) is 5.41 Å². The topological polar surface area (TPSA) is 99.6 Å². The third-order valence-electron chi connectivity index (χ3n) is 7.31. The predicted octanol–water partition coefficient (Wildman–Crippen LogP) is 6.49. The van der Waals surface area contributed by atoms with Gasteiger partial charge in [-0.15, -0.1) is 0 Å². The van der Waals surface area contributed by atoms with E-state index in [4.69, 9.17) is 33.0 Å². The average molecular weight is 580 g/mol. The number of ether oxygens (including phenoxy) is 1. The second kappa shape index (κ2) is 11.3. The highest BCUT2D eigenvalue weighted by molar-refractivity contribution is 6.76. The summed E-state index contributed by atoms with van der Waals surface area (Å²) in [6.45, 7) is 11.8. The van der Waals surface area contributed by atoms with Crippen molar-refractivity contribution in [2.75, 3.05) is 31.1 Å². The Morgan fingerprint density at radius 1 is 1.21 bits per heavy atom. The van der Waals surface area contributed by atoms with E-state index < -0.39 is 14.2 Å². The van der Waals surface area contributed by atoms with Gasteiger partial charge in [-0.05, 0) is 30.4 Å². The zero-order chi connectivity index (χ0) is 27.7. The zero-order valence-corrected chi connectivity index (χ0v) is 24.9. The molecule has 1 aromatic carbocycles. The number of aromatic amines is 1. The lowest BCUT2D eigenvalue weighted by Crippen LogP contribution is -2.45. The standard InChI is InChI=1S/C27H36Cl2N4O4Si/c1-27(16-30-26(35)36)8-10-32(11-9-27)22-14-21-23(25(34)31-22)19(18-6-5-7-20(28)24(18)29)15-33(21)17-37-12-13-38(2,3)4/h5-7,14-15,30H,8-13,16-17H2,1-4H3,(H,31,34)(H,35,36). The fourth-order valence-corrected chi connectivity index (χ4v) is 5.96. The first kappa shape index (κ1) is 28.5. The summed E-state index contributed by atoms with van der Waals surface area (Å²) in [5.74, 6) is 0.737. The molecule has 2 aromatic heterocycles. The molecule has 0 unspecified atom stereocenters. The van der Waals surface area contributed by atoms with Crippen molar-refractivity contribution in [3.63, 3.8) is 0 Å². The first-order valence-electron chi connectivity index (χ1n) is 12.9. The summed E-state index contributed by atoms with van der Waals surface area (Å²) in [5.41, 5.74) is 1.84. The fourth-order valence-electron chi connectivity index (χ4n) is 4.80. The molecule has 11 heteroatoms. The maximum atomic E-state index is 13.5. The Morgan fingerprint density at radius 2 is 1.92 bits per heavy atom. The average Bonchev–Trinajstić information content (AvgIpc) is 3.21. The first-order valence-corrected chi connectivity index (χ1v) is 17.3. The van der Waals surface area contributed by atoms with Crippen molar-refractivity contribution in [3.05, 3.63) is 50.9 Å². The van der Waals surface area contributed by atoms with E-state index in [1.807, 2.05) is 29.0 Å². The summed E-state index contributed by atoms with van der Waals surface area (Å²) in [6.07, 6.45) is 2.52. The van der Waals surface area contributed by atoms with Gasteiger partial charge in [-0.2, -0.15) is 0 Å². The van der Waals surface area contributed by atoms with Crippen molar-refractivity contribution in [1.82, 2.24) is 14.9 Å². The number of nitrogens with one attached hydrogen (secondary N) is 2. The van der Waals surface area contributed by atoms with E-state index in [9.17, 15) is 9.59 Å². The van der Waals surface area contributed by atoms with E-state index >= 15 is 0 Å². The number of aromatic nitrogens is 2. The van der Waals surface area contributed by atoms with Gasteiger partial charge >= 0.3 is 6.09 Å². The monoisotopic (exact) mass is 578 g/mol. The third kappa shape index (κ3) is 6.57. The minimum atomic E-state index is -1.24. The Bertz CT molecular complexity index is 1370. The van der Waals surface area contributed by atoms with Crippen molar-refractivity contribution < 1.29 is 14.6 Å². The van der Waals surface area contributed by atoms with Gasteiger partial charge in [0.05, 0.1) is 20.9 Å². The number of hydrogen-bond donors (Lipinski definition) is 3. The number of hydrogen-bond acceptors (Lipinski definition) is 4. The van der Waals surface area contributed by atoms with Crippen LogP contribution in [0.15, 0.2) is 35.3 Å². The maximum Gasteiger partial charge on any atom is 0.404 e. The molecule has 0 radical (unpaired) electrons. The molecule has 1 amide bonds. The lowest BCUT2D eigenvalue weighted by atomic mass is 9.80. The van der Waals surface area contributed by atoms with E-state index in [1.165, 1.54) is 0 Å². The number of rotatable bonds is 9. The first-order chi connectivity index (χ1) is 17.9. The smallest absolute Gasteiger partial charge is 0.404 e. The van der Waals surface area contributed by atoms with Crippen LogP contribution in [-0.2, 0) is 11.5 Å². The van der Waals surface area contributed by atoms with Gasteiger partial charge in [-0.25, -0.2) is 4.79 Å². The molecule has 1 fully saturated rings. The number of amides is 1. The van der Waals surface area contributed by atoms with Crippen molar-refractivity contribution >= 4 is 54.1 Å². The number of carboxylic acid groups (broad SMARTS) is 1. The molecular weight excluding hydrogens is 543 g/mol. The van der Waals surface area contributed by atoms with Crippen LogP contribution in [0.1, 0.15) is 19.8 Å². The van der Waals surface area contributed by atoms with Gasteiger partial charge in [0.15, 0.2) is 0 Å². The van der Waals surface area contributed by atoms with Gasteiger partial charge in [0.25, 0.3) is 5.56 Å². The van der Waals surface area contributed by atoms with Crippen LogP contribution in [0.25, 0.3) is 22.0 Å². The van der Waals surface area contributed by atoms with E-state index in [2.05, 4.69) is 41.8 Å². The van der Waals surface area contributed by atoms with Crippen molar-refractivity contribution in [2.24, 2.45) is 5.41 Å². The normalized spacial score (nSPS) is 15.7. The van der Waals surface area contributed by atoms with E-state index in [-0.39, 0.29) is 11.0 Å². The van der Waals surface area contributed by atoms with Gasteiger partial charge in [0, 0.05) is 57.7 Å². The van der Waals surface area contributed by atoms with Crippen LogP contribution in [-0.4, -0.2) is 55.1 Å². The number of fused-ring (bicyclic) bond motifs is 1. The Kier molecular flexibility index (Phi) is 8.51. The molecule has 3 heterocycles. The quantitative estimate of drug-likeness (QED) is 0.199. The molecule has 0 spiro atoms. The van der Waals surface area contributed by atoms with Crippen LogP contribution in [0.4, 0.5) is 10.6 Å². The lowest BCUT2D eigenvalue weighted by molar-refractivity contribution is 0.0903. The van der Waals surface area contributed by atoms with Gasteiger partial charge < -0.3 is 29.6 Å². The number of nitrogens with zero attached hydrogens (tertiary/aromatic N) is 2. The molecule has 0 saturated carbocycles. The van der Waals surface area contributed by atoms with Crippen LogP contribution in [0.3, 0.4) is 0 Å². The second-order valence-electron chi connectivity index (χ2n) is 11.7. The van der Waals surface area contributed by atoms with Crippen LogP contribution in [0.2, 0.25) is 35.7 Å². The number of halogens is 2. The summed E-state index contributed by atoms with van der Waals surface area (Å²) in [6, 6.07) is 8.46.